The topological polar surface area (TPSA) is 49.3 Å². The lowest BCUT2D eigenvalue weighted by Crippen LogP contribution is -2.46. The number of hydrogen-bond donors (Lipinski definition) is 2. The quantitative estimate of drug-likeness (QED) is 0.859. The lowest BCUT2D eigenvalue weighted by atomic mass is 9.89. The number of carbonyl (C=O) groups excluding carboxylic acids is 1. The van der Waals surface area contributed by atoms with Crippen LogP contribution in [0.1, 0.15) is 23.2 Å². The predicted octanol–water partition coefficient (Wildman–Crippen LogP) is 1.70. The highest BCUT2D eigenvalue weighted by molar-refractivity contribution is 9.10. The van der Waals surface area contributed by atoms with E-state index in [9.17, 15) is 4.79 Å². The van der Waals surface area contributed by atoms with Gasteiger partial charge in [-0.05, 0) is 31.0 Å². The number of aliphatic hydroxyl groups is 1. The number of rotatable bonds is 2. The molecule has 0 saturated heterocycles. The molecule has 1 aliphatic carbocycles. The van der Waals surface area contributed by atoms with Crippen LogP contribution in [0.3, 0.4) is 0 Å². The van der Waals surface area contributed by atoms with Gasteiger partial charge >= 0.3 is 0 Å². The summed E-state index contributed by atoms with van der Waals surface area (Å²) in [6.07, 6.45) is 1.09. The second kappa shape index (κ2) is 4.33. The summed E-state index contributed by atoms with van der Waals surface area (Å²) in [6.45, 7) is 0. The van der Waals surface area contributed by atoms with Gasteiger partial charge in [0.1, 0.15) is 0 Å². The first-order valence-corrected chi connectivity index (χ1v) is 5.69. The van der Waals surface area contributed by atoms with Gasteiger partial charge in [-0.15, -0.1) is 0 Å². The summed E-state index contributed by atoms with van der Waals surface area (Å²) in [5.41, 5.74) is 0.644. The zero-order valence-electron chi connectivity index (χ0n) is 8.11. The molecule has 1 saturated carbocycles. The van der Waals surface area contributed by atoms with E-state index < -0.39 is 0 Å². The van der Waals surface area contributed by atoms with Crippen molar-refractivity contribution in [3.05, 3.63) is 34.3 Å². The Morgan fingerprint density at radius 1 is 1.47 bits per heavy atom. The van der Waals surface area contributed by atoms with Crippen molar-refractivity contribution in [1.29, 1.82) is 0 Å². The standard InChI is InChI=1S/C11H12BrNO2/c12-8-3-1-2-7(4-8)11(15)13-9-5-10(14)6-9/h1-4,9-10,14H,5-6H2,(H,13,15). The Balaban J connectivity index is 1.96. The van der Waals surface area contributed by atoms with Crippen molar-refractivity contribution < 1.29 is 9.90 Å². The molecule has 0 aliphatic heterocycles. The van der Waals surface area contributed by atoms with E-state index in [0.717, 1.165) is 4.47 Å². The minimum absolute atomic E-state index is 0.0757. The second-order valence-corrected chi connectivity index (χ2v) is 4.72. The van der Waals surface area contributed by atoms with E-state index >= 15 is 0 Å². The maximum Gasteiger partial charge on any atom is 0.251 e. The maximum atomic E-state index is 11.7. The number of benzene rings is 1. The molecular weight excluding hydrogens is 258 g/mol. The average Bonchev–Trinajstić information content (AvgIpc) is 2.15. The normalized spacial score (nSPS) is 24.4. The van der Waals surface area contributed by atoms with E-state index in [-0.39, 0.29) is 18.1 Å². The van der Waals surface area contributed by atoms with Gasteiger partial charge in [0.25, 0.3) is 5.91 Å². The van der Waals surface area contributed by atoms with Crippen LogP contribution in [0, 0.1) is 0 Å². The average molecular weight is 270 g/mol. The number of amides is 1. The number of halogens is 1. The molecule has 3 nitrogen and oxygen atoms in total. The molecule has 0 heterocycles. The van der Waals surface area contributed by atoms with Gasteiger partial charge in [-0.3, -0.25) is 4.79 Å². The number of hydrogen-bond acceptors (Lipinski definition) is 2. The first-order valence-electron chi connectivity index (χ1n) is 4.89. The summed E-state index contributed by atoms with van der Waals surface area (Å²) in [6, 6.07) is 7.39. The van der Waals surface area contributed by atoms with Gasteiger partial charge in [-0.2, -0.15) is 0 Å². The Kier molecular flexibility index (Phi) is 3.07. The Labute approximate surface area is 96.6 Å². The molecule has 1 aromatic carbocycles. The molecule has 0 bridgehead atoms. The maximum absolute atomic E-state index is 11.7. The van der Waals surface area contributed by atoms with Crippen LogP contribution in [0.4, 0.5) is 0 Å². The van der Waals surface area contributed by atoms with Crippen LogP contribution in [0.5, 0.6) is 0 Å². The Bertz CT molecular complexity index is 375. The van der Waals surface area contributed by atoms with Crippen molar-refractivity contribution in [2.45, 2.75) is 25.0 Å². The summed E-state index contributed by atoms with van der Waals surface area (Å²) in [7, 11) is 0. The third kappa shape index (κ3) is 2.58. The fraction of sp³-hybridized carbons (Fsp3) is 0.364. The molecule has 1 aromatic rings. The number of carbonyl (C=O) groups is 1. The molecule has 1 amide bonds. The highest BCUT2D eigenvalue weighted by Gasteiger charge is 2.28. The van der Waals surface area contributed by atoms with Gasteiger partial charge < -0.3 is 10.4 Å². The summed E-state index contributed by atoms with van der Waals surface area (Å²) in [5.74, 6) is -0.0757. The molecule has 0 unspecified atom stereocenters. The van der Waals surface area contributed by atoms with E-state index in [0.29, 0.717) is 18.4 Å². The van der Waals surface area contributed by atoms with E-state index in [1.165, 1.54) is 0 Å². The van der Waals surface area contributed by atoms with Gasteiger partial charge in [0.15, 0.2) is 0 Å². The van der Waals surface area contributed by atoms with Crippen LogP contribution in [-0.2, 0) is 0 Å². The van der Waals surface area contributed by atoms with Gasteiger partial charge in [-0.1, -0.05) is 22.0 Å². The third-order valence-corrected chi connectivity index (χ3v) is 3.03. The molecule has 0 radical (unpaired) electrons. The van der Waals surface area contributed by atoms with Crippen LogP contribution in [0.2, 0.25) is 0 Å². The summed E-state index contributed by atoms with van der Waals surface area (Å²) >= 11 is 3.32. The highest BCUT2D eigenvalue weighted by atomic mass is 79.9. The fourth-order valence-corrected chi connectivity index (χ4v) is 2.00. The zero-order valence-corrected chi connectivity index (χ0v) is 9.70. The molecule has 4 heteroatoms. The smallest absolute Gasteiger partial charge is 0.251 e. The Hall–Kier alpha value is -0.870. The van der Waals surface area contributed by atoms with Crippen LogP contribution in [0.15, 0.2) is 28.7 Å². The van der Waals surface area contributed by atoms with Crippen molar-refractivity contribution >= 4 is 21.8 Å². The predicted molar refractivity (Wildman–Crippen MR) is 60.6 cm³/mol. The summed E-state index contributed by atoms with van der Waals surface area (Å²) in [4.78, 5) is 11.7. The first-order chi connectivity index (χ1) is 7.15. The molecule has 1 aliphatic rings. The lowest BCUT2D eigenvalue weighted by molar-refractivity contribution is 0.0562. The molecular formula is C11H12BrNO2. The first kappa shape index (κ1) is 10.6. The molecule has 15 heavy (non-hydrogen) atoms. The molecule has 2 N–H and O–H groups in total. The van der Waals surface area contributed by atoms with Crippen LogP contribution in [0.25, 0.3) is 0 Å². The molecule has 0 spiro atoms. The Morgan fingerprint density at radius 2 is 2.20 bits per heavy atom. The number of aliphatic hydroxyl groups excluding tert-OH is 1. The molecule has 0 atom stereocenters. The third-order valence-electron chi connectivity index (χ3n) is 2.54. The largest absolute Gasteiger partial charge is 0.393 e. The highest BCUT2D eigenvalue weighted by Crippen LogP contribution is 2.20. The van der Waals surface area contributed by atoms with Gasteiger partial charge in [0.2, 0.25) is 0 Å². The van der Waals surface area contributed by atoms with Crippen LogP contribution in [-0.4, -0.2) is 23.2 Å². The minimum Gasteiger partial charge on any atom is -0.393 e. The molecule has 0 aromatic heterocycles. The molecule has 2 rings (SSSR count). The summed E-state index contributed by atoms with van der Waals surface area (Å²) < 4.78 is 0.892. The zero-order chi connectivity index (χ0) is 10.8. The minimum atomic E-state index is -0.238. The van der Waals surface area contributed by atoms with Crippen molar-refractivity contribution in [2.75, 3.05) is 0 Å². The van der Waals surface area contributed by atoms with Crippen molar-refractivity contribution in [3.63, 3.8) is 0 Å². The van der Waals surface area contributed by atoms with Gasteiger partial charge in [-0.25, -0.2) is 0 Å². The molecule has 80 valence electrons. The molecule has 1 fully saturated rings. The monoisotopic (exact) mass is 269 g/mol. The van der Waals surface area contributed by atoms with Gasteiger partial charge in [0.05, 0.1) is 6.10 Å². The van der Waals surface area contributed by atoms with Gasteiger partial charge in [0, 0.05) is 16.1 Å². The van der Waals surface area contributed by atoms with Crippen LogP contribution < -0.4 is 5.32 Å². The van der Waals surface area contributed by atoms with E-state index in [1.54, 1.807) is 12.1 Å². The summed E-state index contributed by atoms with van der Waals surface area (Å²) in [5, 5.41) is 12.0. The Morgan fingerprint density at radius 3 is 2.80 bits per heavy atom. The van der Waals surface area contributed by atoms with Crippen LogP contribution >= 0.6 is 15.9 Å². The second-order valence-electron chi connectivity index (χ2n) is 3.81. The van der Waals surface area contributed by atoms with Crippen molar-refractivity contribution in [2.24, 2.45) is 0 Å². The number of nitrogens with one attached hydrogen (secondary N) is 1. The fourth-order valence-electron chi connectivity index (χ4n) is 1.60. The lowest BCUT2D eigenvalue weighted by Gasteiger charge is -2.31. The SMILES string of the molecule is O=C(NC1CC(O)C1)c1cccc(Br)c1. The van der Waals surface area contributed by atoms with E-state index in [1.807, 2.05) is 12.1 Å². The van der Waals surface area contributed by atoms with E-state index in [2.05, 4.69) is 21.2 Å². The van der Waals surface area contributed by atoms with Crippen molar-refractivity contribution in [1.82, 2.24) is 5.32 Å². The van der Waals surface area contributed by atoms with Crippen molar-refractivity contribution in [3.8, 4) is 0 Å². The van der Waals surface area contributed by atoms with E-state index in [4.69, 9.17) is 5.11 Å².